The predicted octanol–water partition coefficient (Wildman–Crippen LogP) is 4.60. The topological polar surface area (TPSA) is 88.2 Å². The van der Waals surface area contributed by atoms with Crippen LogP contribution in [-0.2, 0) is 17.6 Å². The molecule has 1 heterocycles. The second kappa shape index (κ2) is 9.41. The van der Waals surface area contributed by atoms with Crippen molar-refractivity contribution < 1.29 is 9.90 Å². The minimum absolute atomic E-state index is 0.0958. The van der Waals surface area contributed by atoms with E-state index in [-0.39, 0.29) is 18.4 Å². The molecule has 1 aromatic heterocycles. The Labute approximate surface area is 181 Å². The number of aliphatic hydroxyl groups is 1. The Morgan fingerprint density at radius 1 is 1.17 bits per heavy atom. The van der Waals surface area contributed by atoms with Gasteiger partial charge in [-0.1, -0.05) is 42.5 Å². The van der Waals surface area contributed by atoms with Crippen LogP contribution in [-0.4, -0.2) is 16.0 Å². The third-order valence-corrected chi connectivity index (χ3v) is 6.57. The largest absolute Gasteiger partial charge is 0.388 e. The molecule has 1 aliphatic carbocycles. The fourth-order valence-corrected chi connectivity index (χ4v) is 4.90. The van der Waals surface area contributed by atoms with E-state index in [1.54, 1.807) is 0 Å². The number of carbonyl (C=O) groups is 1. The van der Waals surface area contributed by atoms with Crippen LogP contribution in [0.15, 0.2) is 60.0 Å². The maximum absolute atomic E-state index is 12.2. The van der Waals surface area contributed by atoms with E-state index in [1.807, 2.05) is 47.8 Å². The quantitative estimate of drug-likeness (QED) is 0.520. The zero-order chi connectivity index (χ0) is 20.9. The molecule has 0 unspecified atom stereocenters. The summed E-state index contributed by atoms with van der Waals surface area (Å²) in [6, 6.07) is 18.0. The van der Waals surface area contributed by atoms with Crippen LogP contribution in [0.5, 0.6) is 0 Å². The molecule has 1 aliphatic rings. The van der Waals surface area contributed by atoms with Gasteiger partial charge < -0.3 is 16.2 Å². The van der Waals surface area contributed by atoms with Gasteiger partial charge in [-0.15, -0.1) is 11.3 Å². The van der Waals surface area contributed by atoms with Crippen LogP contribution < -0.4 is 11.1 Å². The van der Waals surface area contributed by atoms with E-state index in [4.69, 9.17) is 5.73 Å². The van der Waals surface area contributed by atoms with Crippen molar-refractivity contribution in [2.24, 2.45) is 11.8 Å². The van der Waals surface area contributed by atoms with Crippen LogP contribution in [0.1, 0.15) is 42.2 Å². The highest BCUT2D eigenvalue weighted by molar-refractivity contribution is 7.13. The van der Waals surface area contributed by atoms with E-state index >= 15 is 0 Å². The van der Waals surface area contributed by atoms with E-state index in [2.05, 4.69) is 22.4 Å². The molecule has 3 atom stereocenters. The van der Waals surface area contributed by atoms with Gasteiger partial charge in [0, 0.05) is 11.1 Å². The van der Waals surface area contributed by atoms with Gasteiger partial charge in [0.25, 0.3) is 0 Å². The minimum Gasteiger partial charge on any atom is -0.388 e. The Kier molecular flexibility index (Phi) is 6.45. The smallest absolute Gasteiger partial charge is 0.230 e. The van der Waals surface area contributed by atoms with Crippen LogP contribution in [0.25, 0.3) is 0 Å². The number of anilines is 2. The zero-order valence-corrected chi connectivity index (χ0v) is 17.6. The molecule has 4 N–H and O–H groups in total. The fraction of sp³-hybridized carbons (Fsp3) is 0.333. The summed E-state index contributed by atoms with van der Waals surface area (Å²) in [5.74, 6) is 0.821. The van der Waals surface area contributed by atoms with Crippen molar-refractivity contribution in [3.63, 3.8) is 0 Å². The lowest BCUT2D eigenvalue weighted by Crippen LogP contribution is -2.14. The highest BCUT2D eigenvalue weighted by atomic mass is 32.1. The highest BCUT2D eigenvalue weighted by Crippen LogP contribution is 2.40. The number of carbonyl (C=O) groups excluding carboxylic acids is 1. The second-order valence-corrected chi connectivity index (χ2v) is 8.99. The molecule has 4 rings (SSSR count). The van der Waals surface area contributed by atoms with Gasteiger partial charge in [-0.25, -0.2) is 4.98 Å². The summed E-state index contributed by atoms with van der Waals surface area (Å²) in [6.45, 7) is 0. The molecular weight excluding hydrogens is 394 g/mol. The molecule has 6 heteroatoms. The molecule has 156 valence electrons. The van der Waals surface area contributed by atoms with Gasteiger partial charge in [0.15, 0.2) is 5.13 Å². The molecule has 1 amide bonds. The predicted molar refractivity (Wildman–Crippen MR) is 121 cm³/mol. The average molecular weight is 422 g/mol. The summed E-state index contributed by atoms with van der Waals surface area (Å²) in [5, 5.41) is 15.9. The van der Waals surface area contributed by atoms with Crippen LogP contribution in [0.3, 0.4) is 0 Å². The average Bonchev–Trinajstić information content (AvgIpc) is 3.38. The van der Waals surface area contributed by atoms with Crippen LogP contribution in [0.2, 0.25) is 0 Å². The van der Waals surface area contributed by atoms with Crippen molar-refractivity contribution in [2.45, 2.75) is 38.2 Å². The third kappa shape index (κ3) is 5.26. The number of aromatic nitrogens is 1. The first kappa shape index (κ1) is 20.6. The number of rotatable bonds is 7. The van der Waals surface area contributed by atoms with Gasteiger partial charge in [-0.3, -0.25) is 4.79 Å². The molecular formula is C24H27N3O2S. The minimum atomic E-state index is -0.373. The van der Waals surface area contributed by atoms with Gasteiger partial charge in [0.1, 0.15) is 0 Å². The molecule has 30 heavy (non-hydrogen) atoms. The molecule has 1 saturated carbocycles. The summed E-state index contributed by atoms with van der Waals surface area (Å²) < 4.78 is 0. The van der Waals surface area contributed by atoms with Crippen LogP contribution in [0.4, 0.5) is 10.8 Å². The Morgan fingerprint density at radius 2 is 1.93 bits per heavy atom. The number of hydrogen-bond donors (Lipinski definition) is 3. The molecule has 0 radical (unpaired) electrons. The molecule has 0 aliphatic heterocycles. The van der Waals surface area contributed by atoms with E-state index in [0.29, 0.717) is 22.7 Å². The van der Waals surface area contributed by atoms with E-state index in [1.165, 1.54) is 16.9 Å². The van der Waals surface area contributed by atoms with Crippen molar-refractivity contribution in [1.29, 1.82) is 0 Å². The lowest BCUT2D eigenvalue weighted by molar-refractivity contribution is -0.115. The number of thiazole rings is 1. The Hall–Kier alpha value is -2.70. The Balaban J connectivity index is 1.27. The first-order valence-corrected chi connectivity index (χ1v) is 11.3. The van der Waals surface area contributed by atoms with Gasteiger partial charge in [-0.05, 0) is 60.8 Å². The number of hydrogen-bond acceptors (Lipinski definition) is 5. The molecule has 1 fully saturated rings. The lowest BCUT2D eigenvalue weighted by atomic mass is 9.91. The number of benzene rings is 2. The number of nitrogen functional groups attached to an aromatic ring is 1. The first-order valence-electron chi connectivity index (χ1n) is 10.4. The summed E-state index contributed by atoms with van der Waals surface area (Å²) in [5.41, 5.74) is 9.37. The van der Waals surface area contributed by atoms with E-state index in [0.717, 1.165) is 36.9 Å². The summed E-state index contributed by atoms with van der Waals surface area (Å²) >= 11 is 1.34. The Bertz CT molecular complexity index is 972. The van der Waals surface area contributed by atoms with Gasteiger partial charge in [0.05, 0.1) is 18.2 Å². The number of amides is 1. The summed E-state index contributed by atoms with van der Waals surface area (Å²) in [4.78, 5) is 16.3. The van der Waals surface area contributed by atoms with Crippen LogP contribution >= 0.6 is 11.3 Å². The van der Waals surface area contributed by atoms with E-state index in [9.17, 15) is 9.90 Å². The van der Waals surface area contributed by atoms with E-state index < -0.39 is 0 Å². The van der Waals surface area contributed by atoms with Crippen molar-refractivity contribution in [3.8, 4) is 0 Å². The van der Waals surface area contributed by atoms with Gasteiger partial charge in [0.2, 0.25) is 5.91 Å². The normalized spacial score (nSPS) is 19.5. The molecule has 5 nitrogen and oxygen atoms in total. The maximum atomic E-state index is 12.2. The van der Waals surface area contributed by atoms with Gasteiger partial charge >= 0.3 is 0 Å². The van der Waals surface area contributed by atoms with Gasteiger partial charge in [-0.2, -0.15) is 0 Å². The maximum Gasteiger partial charge on any atom is 0.230 e. The monoisotopic (exact) mass is 421 g/mol. The summed E-state index contributed by atoms with van der Waals surface area (Å²) in [6.07, 6.45) is 4.11. The number of nitrogens with two attached hydrogens (primary N) is 1. The zero-order valence-electron chi connectivity index (χ0n) is 16.8. The third-order valence-electron chi connectivity index (χ3n) is 5.84. The standard InChI is InChI=1S/C24H27N3O2S/c25-24-27-21(15-30-24)14-22(28)26-20-10-7-16(8-11-20)12-17-6-9-19(13-17)23(29)18-4-2-1-3-5-18/h1-5,7-8,10-11,15,17,19,23,29H,6,9,12-14H2,(H2,25,27)(H,26,28)/t17-,19+,23-/m1/s1. The molecule has 2 aromatic carbocycles. The van der Waals surface area contributed by atoms with Crippen molar-refractivity contribution >= 4 is 28.1 Å². The molecule has 0 saturated heterocycles. The SMILES string of the molecule is Nc1nc(CC(=O)Nc2ccc(C[C@H]3CC[C@H]([C@H](O)c4ccccc4)C3)cc2)cs1. The molecule has 0 bridgehead atoms. The van der Waals surface area contributed by atoms with Crippen molar-refractivity contribution in [3.05, 3.63) is 76.8 Å². The number of nitrogens with one attached hydrogen (secondary N) is 1. The van der Waals surface area contributed by atoms with Crippen molar-refractivity contribution in [1.82, 2.24) is 4.98 Å². The molecule has 0 spiro atoms. The number of aliphatic hydroxyl groups excluding tert-OH is 1. The van der Waals surface area contributed by atoms with Crippen molar-refractivity contribution in [2.75, 3.05) is 11.1 Å². The lowest BCUT2D eigenvalue weighted by Gasteiger charge is -2.19. The highest BCUT2D eigenvalue weighted by Gasteiger charge is 2.30. The van der Waals surface area contributed by atoms with Crippen LogP contribution in [0, 0.1) is 11.8 Å². The Morgan fingerprint density at radius 3 is 2.63 bits per heavy atom. The molecule has 3 aromatic rings. The second-order valence-electron chi connectivity index (χ2n) is 8.10. The number of nitrogens with zero attached hydrogens (tertiary/aromatic N) is 1. The fourth-order valence-electron chi connectivity index (χ4n) is 4.34. The first-order chi connectivity index (χ1) is 14.6. The summed E-state index contributed by atoms with van der Waals surface area (Å²) in [7, 11) is 0.